The molecule has 0 aromatic heterocycles. The molecule has 2 atom stereocenters. The van der Waals surface area contributed by atoms with Gasteiger partial charge >= 0.3 is 0 Å². The van der Waals surface area contributed by atoms with E-state index in [1.165, 1.54) is 22.1 Å². The molecule has 1 heterocycles. The molecule has 0 amide bonds. The zero-order chi connectivity index (χ0) is 14.0. The average molecular weight is 326 g/mol. The highest BCUT2D eigenvalue weighted by Gasteiger charge is 2.30. The molecule has 0 spiro atoms. The van der Waals surface area contributed by atoms with Crippen molar-refractivity contribution in [2.45, 2.75) is 26.1 Å². The number of nitrogens with two attached hydrogens (primary N) is 1. The van der Waals surface area contributed by atoms with Crippen molar-refractivity contribution >= 4 is 15.9 Å². The van der Waals surface area contributed by atoms with E-state index in [-0.39, 0.29) is 0 Å². The normalized spacial score (nSPS) is 24.3. The molecule has 1 aromatic rings. The van der Waals surface area contributed by atoms with Crippen LogP contribution in [-0.4, -0.2) is 43.0 Å². The maximum absolute atomic E-state index is 5.67. The summed E-state index contributed by atoms with van der Waals surface area (Å²) in [5.41, 5.74) is 8.19. The minimum Gasteiger partial charge on any atom is -0.326 e. The molecule has 1 aliphatic heterocycles. The maximum atomic E-state index is 5.67. The van der Waals surface area contributed by atoms with Crippen LogP contribution in [0.2, 0.25) is 0 Å². The summed E-state index contributed by atoms with van der Waals surface area (Å²) in [7, 11) is 4.35. The van der Waals surface area contributed by atoms with Crippen molar-refractivity contribution in [2.75, 3.05) is 27.2 Å². The predicted octanol–water partition coefficient (Wildman–Crippen LogP) is 2.29. The van der Waals surface area contributed by atoms with Crippen molar-refractivity contribution in [1.29, 1.82) is 0 Å². The van der Waals surface area contributed by atoms with Crippen LogP contribution in [-0.2, 0) is 13.1 Å². The van der Waals surface area contributed by atoms with Crippen LogP contribution < -0.4 is 5.73 Å². The second-order valence-corrected chi connectivity index (χ2v) is 6.69. The number of halogens is 1. The van der Waals surface area contributed by atoms with Gasteiger partial charge in [-0.25, -0.2) is 0 Å². The maximum Gasteiger partial charge on any atom is 0.0254 e. The average Bonchev–Trinajstić information content (AvgIpc) is 2.73. The summed E-state index contributed by atoms with van der Waals surface area (Å²) in [5, 5.41) is 0. The van der Waals surface area contributed by atoms with E-state index in [1.54, 1.807) is 0 Å². The number of benzene rings is 1. The van der Waals surface area contributed by atoms with Gasteiger partial charge in [0.2, 0.25) is 0 Å². The summed E-state index contributed by atoms with van der Waals surface area (Å²) in [4.78, 5) is 4.88. The fraction of sp³-hybridized carbons (Fsp3) is 0.600. The van der Waals surface area contributed by atoms with Crippen molar-refractivity contribution in [3.8, 4) is 0 Å². The first-order valence-electron chi connectivity index (χ1n) is 6.87. The molecule has 1 fully saturated rings. The minimum absolute atomic E-state index is 0.600. The Kier molecular flexibility index (Phi) is 5.01. The summed E-state index contributed by atoms with van der Waals surface area (Å²) in [6.07, 6.45) is 0. The summed E-state index contributed by atoms with van der Waals surface area (Å²) < 4.78 is 1.18. The van der Waals surface area contributed by atoms with Crippen LogP contribution in [0.1, 0.15) is 18.1 Å². The lowest BCUT2D eigenvalue weighted by molar-refractivity contribution is 0.250. The van der Waals surface area contributed by atoms with Crippen molar-refractivity contribution in [1.82, 2.24) is 9.80 Å². The molecular weight excluding hydrogens is 302 g/mol. The predicted molar refractivity (Wildman–Crippen MR) is 83.9 cm³/mol. The van der Waals surface area contributed by atoms with E-state index in [4.69, 9.17) is 5.73 Å². The molecule has 19 heavy (non-hydrogen) atoms. The Balaban J connectivity index is 2.03. The van der Waals surface area contributed by atoms with Crippen LogP contribution >= 0.6 is 15.9 Å². The van der Waals surface area contributed by atoms with E-state index in [9.17, 15) is 0 Å². The Morgan fingerprint density at radius 3 is 2.63 bits per heavy atom. The van der Waals surface area contributed by atoms with Crippen molar-refractivity contribution < 1.29 is 0 Å². The number of likely N-dealkylation sites (N-methyl/N-ethyl adjacent to an activating group) is 1. The molecular formula is C15H24BrN3. The van der Waals surface area contributed by atoms with E-state index < -0.39 is 0 Å². The lowest BCUT2D eigenvalue weighted by Crippen LogP contribution is -2.34. The molecule has 1 aliphatic rings. The Bertz CT molecular complexity index is 433. The smallest absolute Gasteiger partial charge is 0.0254 e. The van der Waals surface area contributed by atoms with Gasteiger partial charge in [-0.2, -0.15) is 0 Å². The van der Waals surface area contributed by atoms with E-state index in [0.29, 0.717) is 12.6 Å². The first-order chi connectivity index (χ1) is 9.01. The molecule has 0 bridgehead atoms. The van der Waals surface area contributed by atoms with E-state index in [0.717, 1.165) is 19.0 Å². The van der Waals surface area contributed by atoms with Crippen molar-refractivity contribution in [2.24, 2.45) is 11.7 Å². The number of rotatable bonds is 4. The topological polar surface area (TPSA) is 32.5 Å². The Morgan fingerprint density at radius 1 is 1.37 bits per heavy atom. The molecule has 1 saturated heterocycles. The third kappa shape index (κ3) is 3.57. The Hall–Kier alpha value is -0.420. The summed E-state index contributed by atoms with van der Waals surface area (Å²) in [6.45, 7) is 6.28. The second-order valence-electron chi connectivity index (χ2n) is 5.83. The van der Waals surface area contributed by atoms with E-state index in [2.05, 4.69) is 64.9 Å². The number of nitrogens with zero attached hydrogens (tertiary/aromatic N) is 2. The molecule has 2 rings (SSSR count). The van der Waals surface area contributed by atoms with Gasteiger partial charge in [-0.15, -0.1) is 0 Å². The standard InChI is InChI=1S/C15H24BrN3/c1-11-8-19(10-15(11)18(2)3)9-13-5-4-12(7-17)6-14(13)16/h4-6,11,15H,7-10,17H2,1-3H3. The van der Waals surface area contributed by atoms with Crippen LogP contribution in [0.15, 0.2) is 22.7 Å². The van der Waals surface area contributed by atoms with Gasteiger partial charge in [0.15, 0.2) is 0 Å². The van der Waals surface area contributed by atoms with Crippen LogP contribution in [0, 0.1) is 5.92 Å². The number of hydrogen-bond donors (Lipinski definition) is 1. The van der Waals surface area contributed by atoms with Gasteiger partial charge < -0.3 is 10.6 Å². The molecule has 4 heteroatoms. The van der Waals surface area contributed by atoms with E-state index >= 15 is 0 Å². The SMILES string of the molecule is CC1CN(Cc2ccc(CN)cc2Br)CC1N(C)C. The van der Waals surface area contributed by atoms with Gasteiger partial charge in [0.05, 0.1) is 0 Å². The first kappa shape index (κ1) is 15.0. The first-order valence-corrected chi connectivity index (χ1v) is 7.66. The third-order valence-corrected chi connectivity index (χ3v) is 4.80. The fourth-order valence-corrected chi connectivity index (χ4v) is 3.49. The largest absolute Gasteiger partial charge is 0.326 e. The van der Waals surface area contributed by atoms with Crippen molar-refractivity contribution in [3.63, 3.8) is 0 Å². The Morgan fingerprint density at radius 2 is 2.11 bits per heavy atom. The fourth-order valence-electron chi connectivity index (χ4n) is 2.94. The summed E-state index contributed by atoms with van der Waals surface area (Å²) in [5.74, 6) is 0.733. The molecule has 3 nitrogen and oxygen atoms in total. The molecule has 106 valence electrons. The van der Waals surface area contributed by atoms with Gasteiger partial charge in [0.25, 0.3) is 0 Å². The highest BCUT2D eigenvalue weighted by molar-refractivity contribution is 9.10. The van der Waals surface area contributed by atoms with Crippen molar-refractivity contribution in [3.05, 3.63) is 33.8 Å². The molecule has 1 aromatic carbocycles. The zero-order valence-corrected chi connectivity index (χ0v) is 13.7. The van der Waals surface area contributed by atoms with Crippen LogP contribution in [0.25, 0.3) is 0 Å². The highest BCUT2D eigenvalue weighted by Crippen LogP contribution is 2.25. The quantitative estimate of drug-likeness (QED) is 0.921. The zero-order valence-electron chi connectivity index (χ0n) is 12.1. The number of likely N-dealkylation sites (tertiary alicyclic amines) is 1. The van der Waals surface area contributed by atoms with Gasteiger partial charge in [-0.1, -0.05) is 35.0 Å². The van der Waals surface area contributed by atoms with Gasteiger partial charge in [0, 0.05) is 36.7 Å². The molecule has 2 N–H and O–H groups in total. The van der Waals surface area contributed by atoms with Crippen LogP contribution in [0.3, 0.4) is 0 Å². The van der Waals surface area contributed by atoms with Gasteiger partial charge in [-0.3, -0.25) is 4.90 Å². The minimum atomic E-state index is 0.600. The Labute approximate surface area is 124 Å². The number of hydrogen-bond acceptors (Lipinski definition) is 3. The monoisotopic (exact) mass is 325 g/mol. The lowest BCUT2D eigenvalue weighted by Gasteiger charge is -2.22. The van der Waals surface area contributed by atoms with E-state index in [1.807, 2.05) is 0 Å². The van der Waals surface area contributed by atoms with Gasteiger partial charge in [-0.05, 0) is 37.2 Å². The molecule has 0 aliphatic carbocycles. The van der Waals surface area contributed by atoms with Gasteiger partial charge in [0.1, 0.15) is 0 Å². The highest BCUT2D eigenvalue weighted by atomic mass is 79.9. The summed E-state index contributed by atoms with van der Waals surface area (Å²) >= 11 is 3.66. The summed E-state index contributed by atoms with van der Waals surface area (Å²) in [6, 6.07) is 7.13. The molecule has 0 radical (unpaired) electrons. The lowest BCUT2D eigenvalue weighted by atomic mass is 10.1. The third-order valence-electron chi connectivity index (χ3n) is 4.06. The van der Waals surface area contributed by atoms with Crippen LogP contribution in [0.5, 0.6) is 0 Å². The van der Waals surface area contributed by atoms with Crippen LogP contribution in [0.4, 0.5) is 0 Å². The molecule has 2 unspecified atom stereocenters. The second kappa shape index (κ2) is 6.35. The molecule has 0 saturated carbocycles.